The van der Waals surface area contributed by atoms with Crippen molar-refractivity contribution in [2.24, 2.45) is 0 Å². The van der Waals surface area contributed by atoms with Crippen LogP contribution >= 0.6 is 0 Å². The Labute approximate surface area is 326 Å². The van der Waals surface area contributed by atoms with E-state index in [0.717, 1.165) is 39.0 Å². The third-order valence-electron chi connectivity index (χ3n) is 11.7. The first kappa shape index (κ1) is 32.5. The molecule has 0 unspecified atom stereocenters. The van der Waals surface area contributed by atoms with Crippen molar-refractivity contribution in [3.63, 3.8) is 0 Å². The lowest BCUT2D eigenvalue weighted by Gasteiger charge is -2.33. The molecule has 1 aromatic heterocycles. The molecule has 9 aromatic carbocycles. The number of fused-ring (bicyclic) bond motifs is 9. The largest absolute Gasteiger partial charge is 0.454 e. The molecule has 2 heteroatoms. The topological polar surface area (TPSA) is 16.4 Å². The molecule has 0 N–H and O–H groups in total. The molecular formula is C54H39NO. The highest BCUT2D eigenvalue weighted by Gasteiger charge is 2.33. The third-order valence-corrected chi connectivity index (χ3v) is 11.7. The zero-order valence-electron chi connectivity index (χ0n) is 31.7. The smallest absolute Gasteiger partial charge is 0.159 e. The molecule has 0 amide bonds. The third kappa shape index (κ3) is 4.89. The van der Waals surface area contributed by atoms with Gasteiger partial charge in [0.1, 0.15) is 5.58 Å². The molecule has 1 heterocycles. The van der Waals surface area contributed by atoms with Gasteiger partial charge in [-0.3, -0.25) is 0 Å². The van der Waals surface area contributed by atoms with Crippen molar-refractivity contribution < 1.29 is 4.42 Å². The number of anilines is 3. The number of hydrogen-bond acceptors (Lipinski definition) is 2. The van der Waals surface area contributed by atoms with Crippen molar-refractivity contribution in [2.45, 2.75) is 26.2 Å². The van der Waals surface area contributed by atoms with Crippen LogP contribution in [0.5, 0.6) is 0 Å². The predicted octanol–water partition coefficient (Wildman–Crippen LogP) is 15.6. The Morgan fingerprint density at radius 1 is 0.393 bits per heavy atom. The highest BCUT2D eigenvalue weighted by molar-refractivity contribution is 6.26. The molecule has 0 bridgehead atoms. The van der Waals surface area contributed by atoms with Gasteiger partial charge in [-0.2, -0.15) is 0 Å². The van der Waals surface area contributed by atoms with E-state index >= 15 is 0 Å². The van der Waals surface area contributed by atoms with Crippen LogP contribution in [0.4, 0.5) is 17.1 Å². The van der Waals surface area contributed by atoms with Crippen LogP contribution in [0.1, 0.15) is 26.3 Å². The lowest BCUT2D eigenvalue weighted by molar-refractivity contribution is 0.573. The number of para-hydroxylation sites is 3. The Bertz CT molecular complexity index is 3150. The molecule has 0 saturated carbocycles. The van der Waals surface area contributed by atoms with Gasteiger partial charge in [-0.05, 0) is 114 Å². The van der Waals surface area contributed by atoms with Gasteiger partial charge >= 0.3 is 0 Å². The molecule has 0 saturated heterocycles. The minimum atomic E-state index is -0.0559. The highest BCUT2D eigenvalue weighted by atomic mass is 16.3. The summed E-state index contributed by atoms with van der Waals surface area (Å²) in [6.07, 6.45) is 0. The van der Waals surface area contributed by atoms with E-state index < -0.39 is 0 Å². The molecular weight excluding hydrogens is 679 g/mol. The van der Waals surface area contributed by atoms with E-state index in [1.54, 1.807) is 0 Å². The standard InChI is InChI=1S/C54H39NO/c1-54(2,3)46-27-15-25-42-43-26-16-28-47(53(43)56-52(42)46)55(38-21-11-6-12-22-38)39-30-29-36-32-44-45(33-37(36)31-39)51-49(35-19-9-5-10-20-35)41-24-14-13-23-40(41)48(50(44)51)34-17-7-4-8-18-34/h4-33H,1-3H3. The molecule has 10 aromatic rings. The fourth-order valence-electron chi connectivity index (χ4n) is 9.14. The van der Waals surface area contributed by atoms with Crippen molar-refractivity contribution in [3.05, 3.63) is 188 Å². The second-order valence-corrected chi connectivity index (χ2v) is 16.1. The Hall–Kier alpha value is -6.90. The minimum Gasteiger partial charge on any atom is -0.454 e. The van der Waals surface area contributed by atoms with Gasteiger partial charge in [0.05, 0.1) is 5.69 Å². The van der Waals surface area contributed by atoms with Gasteiger partial charge in [-0.25, -0.2) is 0 Å². The van der Waals surface area contributed by atoms with Gasteiger partial charge in [0.2, 0.25) is 0 Å². The second kappa shape index (κ2) is 12.3. The lowest BCUT2D eigenvalue weighted by atomic mass is 9.70. The maximum absolute atomic E-state index is 6.93. The maximum atomic E-state index is 6.93. The van der Waals surface area contributed by atoms with Gasteiger partial charge in [0.15, 0.2) is 5.58 Å². The average Bonchev–Trinajstić information content (AvgIpc) is 3.62. The fourth-order valence-corrected chi connectivity index (χ4v) is 9.14. The molecule has 56 heavy (non-hydrogen) atoms. The average molecular weight is 718 g/mol. The zero-order valence-corrected chi connectivity index (χ0v) is 31.7. The zero-order chi connectivity index (χ0) is 37.5. The Kier molecular flexibility index (Phi) is 7.15. The maximum Gasteiger partial charge on any atom is 0.159 e. The van der Waals surface area contributed by atoms with Crippen molar-refractivity contribution in [2.75, 3.05) is 4.90 Å². The first-order valence-corrected chi connectivity index (χ1v) is 19.5. The lowest BCUT2D eigenvalue weighted by Crippen LogP contribution is -2.11. The summed E-state index contributed by atoms with van der Waals surface area (Å²) in [5.74, 6) is 0. The molecule has 266 valence electrons. The summed E-state index contributed by atoms with van der Waals surface area (Å²) in [5, 5.41) is 7.25. The quantitative estimate of drug-likeness (QED) is 0.176. The van der Waals surface area contributed by atoms with E-state index in [2.05, 4.69) is 208 Å². The Balaban J connectivity index is 1.14. The first-order chi connectivity index (χ1) is 27.4. The van der Waals surface area contributed by atoms with Crippen LogP contribution in [-0.4, -0.2) is 0 Å². The van der Waals surface area contributed by atoms with Gasteiger partial charge in [-0.15, -0.1) is 0 Å². The van der Waals surface area contributed by atoms with E-state index in [1.807, 2.05) is 0 Å². The highest BCUT2D eigenvalue weighted by Crippen LogP contribution is 2.60. The number of nitrogens with zero attached hydrogens (tertiary/aromatic N) is 1. The summed E-state index contributed by atoms with van der Waals surface area (Å²) in [6, 6.07) is 66.2. The molecule has 11 rings (SSSR count). The first-order valence-electron chi connectivity index (χ1n) is 19.5. The number of furan rings is 1. The summed E-state index contributed by atoms with van der Waals surface area (Å²) in [4.78, 5) is 2.35. The van der Waals surface area contributed by atoms with Crippen molar-refractivity contribution in [3.8, 4) is 44.5 Å². The van der Waals surface area contributed by atoms with Crippen LogP contribution in [0.25, 0.3) is 88.0 Å². The van der Waals surface area contributed by atoms with Crippen LogP contribution in [0.2, 0.25) is 0 Å². The second-order valence-electron chi connectivity index (χ2n) is 16.1. The Morgan fingerprint density at radius 3 is 1.52 bits per heavy atom. The van der Waals surface area contributed by atoms with E-state index in [0.29, 0.717) is 0 Å². The summed E-state index contributed by atoms with van der Waals surface area (Å²) < 4.78 is 6.93. The minimum absolute atomic E-state index is 0.0559. The van der Waals surface area contributed by atoms with Gasteiger partial charge in [-0.1, -0.05) is 160 Å². The van der Waals surface area contributed by atoms with Gasteiger partial charge in [0.25, 0.3) is 0 Å². The summed E-state index contributed by atoms with van der Waals surface area (Å²) in [5.41, 5.74) is 16.6. The molecule has 0 aliphatic heterocycles. The predicted molar refractivity (Wildman–Crippen MR) is 237 cm³/mol. The molecule has 0 radical (unpaired) electrons. The Morgan fingerprint density at radius 2 is 0.911 bits per heavy atom. The fraction of sp³-hybridized carbons (Fsp3) is 0.0741. The normalized spacial score (nSPS) is 12.2. The summed E-state index contributed by atoms with van der Waals surface area (Å²) >= 11 is 0. The molecule has 1 aliphatic carbocycles. The van der Waals surface area contributed by atoms with Crippen LogP contribution in [0.3, 0.4) is 0 Å². The number of rotatable bonds is 5. The van der Waals surface area contributed by atoms with Crippen molar-refractivity contribution in [1.29, 1.82) is 0 Å². The van der Waals surface area contributed by atoms with Crippen LogP contribution < -0.4 is 4.90 Å². The van der Waals surface area contributed by atoms with E-state index in [-0.39, 0.29) is 5.41 Å². The molecule has 2 nitrogen and oxygen atoms in total. The molecule has 0 fully saturated rings. The van der Waals surface area contributed by atoms with Gasteiger partial charge < -0.3 is 9.32 Å². The molecule has 1 aliphatic rings. The summed E-state index contributed by atoms with van der Waals surface area (Å²) in [7, 11) is 0. The van der Waals surface area contributed by atoms with E-state index in [9.17, 15) is 0 Å². The van der Waals surface area contributed by atoms with Gasteiger partial charge in [0, 0.05) is 27.7 Å². The van der Waals surface area contributed by atoms with Crippen LogP contribution in [-0.2, 0) is 5.41 Å². The number of hydrogen-bond donors (Lipinski definition) is 0. The van der Waals surface area contributed by atoms with Crippen LogP contribution in [0.15, 0.2) is 186 Å². The van der Waals surface area contributed by atoms with Crippen molar-refractivity contribution >= 4 is 60.5 Å². The monoisotopic (exact) mass is 717 g/mol. The number of benzene rings is 9. The van der Waals surface area contributed by atoms with E-state index in [4.69, 9.17) is 4.42 Å². The molecule has 0 spiro atoms. The van der Waals surface area contributed by atoms with Crippen LogP contribution in [0, 0.1) is 0 Å². The molecule has 0 atom stereocenters. The summed E-state index contributed by atoms with van der Waals surface area (Å²) in [6.45, 7) is 6.76. The van der Waals surface area contributed by atoms with Crippen molar-refractivity contribution in [1.82, 2.24) is 0 Å². The van der Waals surface area contributed by atoms with E-state index in [1.165, 1.54) is 71.6 Å². The SMILES string of the molecule is CC(C)(C)c1cccc2c1oc1c(N(c3ccccc3)c3ccc4cc5c(cc4c3)-c3c-5c(-c4ccccc4)c4ccccc4c3-c3ccccc3)cccc12.